The Balaban J connectivity index is 4.04. The highest BCUT2D eigenvalue weighted by Crippen LogP contribution is 2.16. The third-order valence-electron chi connectivity index (χ3n) is 1.95. The van der Waals surface area contributed by atoms with Crippen molar-refractivity contribution in [3.8, 4) is 0 Å². The van der Waals surface area contributed by atoms with Gasteiger partial charge in [0.15, 0.2) is 0 Å². The largest absolute Gasteiger partial charge is 0.401 e. The molecule has 0 saturated heterocycles. The van der Waals surface area contributed by atoms with Crippen LogP contribution in [0.3, 0.4) is 0 Å². The van der Waals surface area contributed by atoms with Crippen molar-refractivity contribution in [1.29, 1.82) is 0 Å². The lowest BCUT2D eigenvalue weighted by molar-refractivity contribution is -0.147. The SMILES string of the molecule is CC(C)NC(=O)CCN(CCN)CC(F)(F)F. The fourth-order valence-corrected chi connectivity index (χ4v) is 1.36. The molecule has 4 nitrogen and oxygen atoms in total. The molecule has 0 heterocycles. The zero-order valence-electron chi connectivity index (χ0n) is 10.2. The summed E-state index contributed by atoms with van der Waals surface area (Å²) in [5.74, 6) is -0.246. The summed E-state index contributed by atoms with van der Waals surface area (Å²) < 4.78 is 36.5. The first-order valence-electron chi connectivity index (χ1n) is 5.53. The second kappa shape index (κ2) is 7.50. The van der Waals surface area contributed by atoms with Crippen LogP contribution >= 0.6 is 0 Å². The lowest BCUT2D eigenvalue weighted by Gasteiger charge is -2.22. The summed E-state index contributed by atoms with van der Waals surface area (Å²) >= 11 is 0. The summed E-state index contributed by atoms with van der Waals surface area (Å²) in [6.45, 7) is 2.90. The molecule has 0 spiro atoms. The number of rotatable bonds is 7. The van der Waals surface area contributed by atoms with Crippen molar-refractivity contribution in [2.24, 2.45) is 5.73 Å². The highest BCUT2D eigenvalue weighted by molar-refractivity contribution is 5.76. The Morgan fingerprint density at radius 3 is 2.35 bits per heavy atom. The number of nitrogens with two attached hydrogens (primary N) is 1. The van der Waals surface area contributed by atoms with Crippen molar-refractivity contribution in [2.45, 2.75) is 32.5 Å². The first kappa shape index (κ1) is 16.2. The highest BCUT2D eigenvalue weighted by Gasteiger charge is 2.30. The summed E-state index contributed by atoms with van der Waals surface area (Å²) in [6, 6.07) is -0.00641. The van der Waals surface area contributed by atoms with Gasteiger partial charge in [-0.1, -0.05) is 0 Å². The second-order valence-corrected chi connectivity index (χ2v) is 4.15. The van der Waals surface area contributed by atoms with E-state index < -0.39 is 12.7 Å². The van der Waals surface area contributed by atoms with Crippen molar-refractivity contribution < 1.29 is 18.0 Å². The van der Waals surface area contributed by atoms with E-state index in [1.165, 1.54) is 0 Å². The average Bonchev–Trinajstić information content (AvgIpc) is 2.11. The van der Waals surface area contributed by atoms with Gasteiger partial charge in [-0.15, -0.1) is 0 Å². The monoisotopic (exact) mass is 255 g/mol. The summed E-state index contributed by atoms with van der Waals surface area (Å²) in [4.78, 5) is 12.4. The maximum Gasteiger partial charge on any atom is 0.401 e. The van der Waals surface area contributed by atoms with Crippen molar-refractivity contribution in [2.75, 3.05) is 26.2 Å². The van der Waals surface area contributed by atoms with Crippen molar-refractivity contribution in [1.82, 2.24) is 10.2 Å². The minimum Gasteiger partial charge on any atom is -0.354 e. The molecule has 3 N–H and O–H groups in total. The van der Waals surface area contributed by atoms with Crippen molar-refractivity contribution >= 4 is 5.91 Å². The third-order valence-corrected chi connectivity index (χ3v) is 1.95. The summed E-state index contributed by atoms with van der Waals surface area (Å²) in [6.07, 6.45) is -4.21. The Bertz CT molecular complexity index is 231. The van der Waals surface area contributed by atoms with E-state index >= 15 is 0 Å². The van der Waals surface area contributed by atoms with Gasteiger partial charge < -0.3 is 11.1 Å². The van der Waals surface area contributed by atoms with E-state index in [1.807, 2.05) is 0 Å². The molecule has 0 fully saturated rings. The molecule has 0 aromatic rings. The van der Waals surface area contributed by atoms with Gasteiger partial charge in [0.05, 0.1) is 6.54 Å². The minimum absolute atomic E-state index is 0.00641. The third kappa shape index (κ3) is 10.1. The Labute approximate surface area is 99.3 Å². The van der Waals surface area contributed by atoms with Gasteiger partial charge in [-0.05, 0) is 13.8 Å². The average molecular weight is 255 g/mol. The molecule has 0 aliphatic carbocycles. The molecule has 0 aliphatic heterocycles. The number of nitrogens with one attached hydrogen (secondary N) is 1. The van der Waals surface area contributed by atoms with Crippen LogP contribution in [0.2, 0.25) is 0 Å². The molecule has 0 bridgehead atoms. The maximum absolute atomic E-state index is 12.2. The zero-order chi connectivity index (χ0) is 13.5. The number of carbonyl (C=O) groups excluding carboxylic acids is 1. The molecular formula is C10H20F3N3O. The molecule has 0 unspecified atom stereocenters. The Morgan fingerprint density at radius 1 is 1.35 bits per heavy atom. The molecule has 17 heavy (non-hydrogen) atoms. The number of carbonyl (C=O) groups is 1. The fraction of sp³-hybridized carbons (Fsp3) is 0.900. The fourth-order valence-electron chi connectivity index (χ4n) is 1.36. The molecule has 0 rings (SSSR count). The van der Waals surface area contributed by atoms with Crippen molar-refractivity contribution in [3.05, 3.63) is 0 Å². The standard InChI is InChI=1S/C10H20F3N3O/c1-8(2)15-9(17)3-5-16(6-4-14)7-10(11,12)13/h8H,3-7,14H2,1-2H3,(H,15,17). The van der Waals surface area contributed by atoms with Crippen LogP contribution in [0.25, 0.3) is 0 Å². The molecule has 102 valence electrons. The van der Waals surface area contributed by atoms with E-state index in [2.05, 4.69) is 5.32 Å². The molecule has 7 heteroatoms. The van der Waals surface area contributed by atoms with E-state index in [4.69, 9.17) is 5.73 Å². The summed E-state index contributed by atoms with van der Waals surface area (Å²) in [7, 11) is 0. The molecule has 0 aromatic carbocycles. The van der Waals surface area contributed by atoms with Crippen LogP contribution < -0.4 is 11.1 Å². The van der Waals surface area contributed by atoms with E-state index in [0.29, 0.717) is 0 Å². The van der Waals surface area contributed by atoms with Crippen LogP contribution in [0.15, 0.2) is 0 Å². The number of hydrogen-bond donors (Lipinski definition) is 2. The van der Waals surface area contributed by atoms with Gasteiger partial charge in [-0.2, -0.15) is 13.2 Å². The minimum atomic E-state index is -4.26. The predicted octanol–water partition coefficient (Wildman–Crippen LogP) is 0.724. The maximum atomic E-state index is 12.2. The van der Waals surface area contributed by atoms with Crippen LogP contribution in [0, 0.1) is 0 Å². The van der Waals surface area contributed by atoms with Crippen LogP contribution in [0.5, 0.6) is 0 Å². The first-order valence-corrected chi connectivity index (χ1v) is 5.53. The van der Waals surface area contributed by atoms with Gasteiger partial charge >= 0.3 is 6.18 Å². The molecule has 1 amide bonds. The van der Waals surface area contributed by atoms with Gasteiger partial charge in [0, 0.05) is 32.1 Å². The number of nitrogens with zero attached hydrogens (tertiary/aromatic N) is 1. The molecule has 0 saturated carbocycles. The van der Waals surface area contributed by atoms with Gasteiger partial charge in [-0.25, -0.2) is 0 Å². The van der Waals surface area contributed by atoms with Gasteiger partial charge in [-0.3, -0.25) is 9.69 Å². The Hall–Kier alpha value is -0.820. The van der Waals surface area contributed by atoms with Crippen LogP contribution in [0.1, 0.15) is 20.3 Å². The predicted molar refractivity (Wildman–Crippen MR) is 59.4 cm³/mol. The zero-order valence-corrected chi connectivity index (χ0v) is 10.2. The number of amides is 1. The summed E-state index contributed by atoms with van der Waals surface area (Å²) in [5, 5.41) is 2.62. The van der Waals surface area contributed by atoms with E-state index in [9.17, 15) is 18.0 Å². The molecule has 0 aliphatic rings. The second-order valence-electron chi connectivity index (χ2n) is 4.15. The van der Waals surface area contributed by atoms with Gasteiger partial charge in [0.25, 0.3) is 0 Å². The number of hydrogen-bond acceptors (Lipinski definition) is 3. The molecule has 0 atom stereocenters. The first-order chi connectivity index (χ1) is 7.74. The number of alkyl halides is 3. The van der Waals surface area contributed by atoms with Crippen molar-refractivity contribution in [3.63, 3.8) is 0 Å². The number of halogens is 3. The quantitative estimate of drug-likeness (QED) is 0.705. The van der Waals surface area contributed by atoms with E-state index in [-0.39, 0.29) is 38.0 Å². The lowest BCUT2D eigenvalue weighted by atomic mass is 10.3. The normalized spacial score (nSPS) is 12.2. The van der Waals surface area contributed by atoms with Gasteiger partial charge in [0.1, 0.15) is 0 Å². The molecule has 0 radical (unpaired) electrons. The highest BCUT2D eigenvalue weighted by atomic mass is 19.4. The molecular weight excluding hydrogens is 235 g/mol. The summed E-state index contributed by atoms with van der Waals surface area (Å²) in [5.41, 5.74) is 5.23. The smallest absolute Gasteiger partial charge is 0.354 e. The van der Waals surface area contributed by atoms with Crippen LogP contribution in [-0.2, 0) is 4.79 Å². The van der Waals surface area contributed by atoms with Gasteiger partial charge in [0.2, 0.25) is 5.91 Å². The van der Waals surface area contributed by atoms with E-state index in [1.54, 1.807) is 13.8 Å². The Morgan fingerprint density at radius 2 is 1.94 bits per heavy atom. The van der Waals surface area contributed by atoms with E-state index in [0.717, 1.165) is 4.90 Å². The molecule has 0 aromatic heterocycles. The van der Waals surface area contributed by atoms with Crippen LogP contribution in [0.4, 0.5) is 13.2 Å². The van der Waals surface area contributed by atoms with Crippen LogP contribution in [-0.4, -0.2) is 49.2 Å². The topological polar surface area (TPSA) is 58.4 Å². The Kier molecular flexibility index (Phi) is 7.13. The lowest BCUT2D eigenvalue weighted by Crippen LogP contribution is -2.40.